The van der Waals surface area contributed by atoms with Gasteiger partial charge in [0.1, 0.15) is 12.2 Å². The molecule has 0 aliphatic carbocycles. The summed E-state index contributed by atoms with van der Waals surface area (Å²) >= 11 is 3.31. The van der Waals surface area contributed by atoms with Crippen LogP contribution in [0.4, 0.5) is 11.4 Å². The minimum atomic E-state index is -0.637. The van der Waals surface area contributed by atoms with E-state index in [-0.39, 0.29) is 17.9 Å². The molecule has 0 saturated carbocycles. The van der Waals surface area contributed by atoms with E-state index < -0.39 is 16.4 Å². The van der Waals surface area contributed by atoms with Gasteiger partial charge >= 0.3 is 0 Å². The average Bonchev–Trinajstić information content (AvgIpc) is 2.69. The molecule has 1 amide bonds. The molecule has 0 aliphatic heterocycles. The van der Waals surface area contributed by atoms with Gasteiger partial charge in [-0.05, 0) is 42.0 Å². The average molecular weight is 444 g/mol. The van der Waals surface area contributed by atoms with Crippen LogP contribution >= 0.6 is 15.9 Å². The lowest BCUT2D eigenvalue weighted by molar-refractivity contribution is -0.384. The molecule has 2 aromatic carbocycles. The van der Waals surface area contributed by atoms with E-state index in [4.69, 9.17) is 4.84 Å². The van der Waals surface area contributed by atoms with Crippen LogP contribution in [0.2, 0.25) is 0 Å². The Bertz CT molecular complexity index is 1080. The number of anilines is 1. The van der Waals surface area contributed by atoms with Crippen LogP contribution < -0.4 is 15.7 Å². The Kier molecular flexibility index (Phi) is 5.85. The van der Waals surface area contributed by atoms with E-state index >= 15 is 0 Å². The summed E-state index contributed by atoms with van der Waals surface area (Å²) in [6.07, 6.45) is 1.37. The van der Waals surface area contributed by atoms with Crippen molar-refractivity contribution in [1.82, 2.24) is 4.73 Å². The first-order valence-electron chi connectivity index (χ1n) is 8.09. The molecule has 142 valence electrons. The molecule has 0 bridgehead atoms. The van der Waals surface area contributed by atoms with Crippen LogP contribution in [0.5, 0.6) is 0 Å². The van der Waals surface area contributed by atoms with Crippen LogP contribution in [0, 0.1) is 10.1 Å². The molecule has 8 nitrogen and oxygen atoms in total. The molecular formula is C19H14BrN3O5. The maximum Gasteiger partial charge on any atom is 0.295 e. The molecule has 3 rings (SSSR count). The van der Waals surface area contributed by atoms with Crippen molar-refractivity contribution >= 4 is 33.2 Å². The van der Waals surface area contributed by atoms with Crippen molar-refractivity contribution in [1.29, 1.82) is 0 Å². The van der Waals surface area contributed by atoms with Gasteiger partial charge in [0.15, 0.2) is 0 Å². The standard InChI is InChI=1S/C19H14BrN3O5/c20-14-6-8-15(9-7-14)21-18(24)17-5-2-10-22(19(17)25)28-12-13-3-1-4-16(11-13)23(26)27/h1-11H,12H2,(H,21,24). The fourth-order valence-corrected chi connectivity index (χ4v) is 2.65. The quantitative estimate of drug-likeness (QED) is 0.464. The highest BCUT2D eigenvalue weighted by Gasteiger charge is 2.13. The Labute approximate surface area is 167 Å². The first kappa shape index (κ1) is 19.3. The lowest BCUT2D eigenvalue weighted by atomic mass is 10.2. The summed E-state index contributed by atoms with van der Waals surface area (Å²) in [5.41, 5.74) is 0.259. The second-order valence-electron chi connectivity index (χ2n) is 5.71. The molecule has 1 heterocycles. The normalized spacial score (nSPS) is 10.3. The van der Waals surface area contributed by atoms with E-state index in [0.717, 1.165) is 9.20 Å². The molecule has 0 unspecified atom stereocenters. The van der Waals surface area contributed by atoms with Gasteiger partial charge in [-0.25, -0.2) is 0 Å². The van der Waals surface area contributed by atoms with Gasteiger partial charge in [0.2, 0.25) is 0 Å². The van der Waals surface area contributed by atoms with E-state index in [0.29, 0.717) is 11.3 Å². The van der Waals surface area contributed by atoms with Crippen molar-refractivity contribution < 1.29 is 14.6 Å². The topological polar surface area (TPSA) is 103 Å². The van der Waals surface area contributed by atoms with Crippen molar-refractivity contribution in [2.24, 2.45) is 0 Å². The van der Waals surface area contributed by atoms with Gasteiger partial charge in [-0.2, -0.15) is 4.73 Å². The van der Waals surface area contributed by atoms with Crippen molar-refractivity contribution in [2.75, 3.05) is 5.32 Å². The Morgan fingerprint density at radius 2 is 1.89 bits per heavy atom. The number of carbonyl (C=O) groups is 1. The predicted molar refractivity (Wildman–Crippen MR) is 106 cm³/mol. The number of benzene rings is 2. The molecule has 9 heteroatoms. The molecule has 1 N–H and O–H groups in total. The fraction of sp³-hybridized carbons (Fsp3) is 0.0526. The third-order valence-electron chi connectivity index (χ3n) is 3.75. The first-order chi connectivity index (χ1) is 13.4. The molecule has 0 saturated heterocycles. The Morgan fingerprint density at radius 1 is 1.14 bits per heavy atom. The molecular weight excluding hydrogens is 430 g/mol. The number of nitrogens with zero attached hydrogens (tertiary/aromatic N) is 2. The zero-order valence-corrected chi connectivity index (χ0v) is 16.0. The number of rotatable bonds is 6. The maximum atomic E-state index is 12.5. The van der Waals surface area contributed by atoms with Gasteiger partial charge in [0.05, 0.1) is 4.92 Å². The van der Waals surface area contributed by atoms with Gasteiger partial charge in [0, 0.05) is 28.5 Å². The Hall–Kier alpha value is -3.46. The number of nitrogens with one attached hydrogen (secondary N) is 1. The van der Waals surface area contributed by atoms with Crippen LogP contribution in [0.15, 0.2) is 76.1 Å². The monoisotopic (exact) mass is 443 g/mol. The van der Waals surface area contributed by atoms with Crippen LogP contribution in [0.1, 0.15) is 15.9 Å². The Balaban J connectivity index is 1.74. The third-order valence-corrected chi connectivity index (χ3v) is 4.28. The van der Waals surface area contributed by atoms with Gasteiger partial charge in [-0.1, -0.05) is 28.1 Å². The highest BCUT2D eigenvalue weighted by Crippen LogP contribution is 2.15. The van der Waals surface area contributed by atoms with Gasteiger partial charge < -0.3 is 10.2 Å². The maximum absolute atomic E-state index is 12.5. The zero-order valence-electron chi connectivity index (χ0n) is 14.4. The summed E-state index contributed by atoms with van der Waals surface area (Å²) in [4.78, 5) is 40.6. The van der Waals surface area contributed by atoms with E-state index in [1.54, 1.807) is 30.3 Å². The molecule has 0 spiro atoms. The summed E-state index contributed by atoms with van der Waals surface area (Å²) in [7, 11) is 0. The van der Waals surface area contributed by atoms with Crippen molar-refractivity contribution in [3.8, 4) is 0 Å². The highest BCUT2D eigenvalue weighted by molar-refractivity contribution is 9.10. The largest absolute Gasteiger partial charge is 0.406 e. The summed E-state index contributed by atoms with van der Waals surface area (Å²) in [6.45, 7) is -0.0701. The van der Waals surface area contributed by atoms with Crippen molar-refractivity contribution in [3.05, 3.63) is 103 Å². The van der Waals surface area contributed by atoms with E-state index in [2.05, 4.69) is 21.2 Å². The second kappa shape index (κ2) is 8.49. The number of amides is 1. The zero-order chi connectivity index (χ0) is 20.1. The summed E-state index contributed by atoms with van der Waals surface area (Å²) in [6, 6.07) is 15.7. The minimum Gasteiger partial charge on any atom is -0.406 e. The van der Waals surface area contributed by atoms with Crippen LogP contribution in [0.25, 0.3) is 0 Å². The number of non-ortho nitro benzene ring substituents is 1. The van der Waals surface area contributed by atoms with Crippen LogP contribution in [-0.4, -0.2) is 15.6 Å². The summed E-state index contributed by atoms with van der Waals surface area (Å²) in [5.74, 6) is -0.569. The van der Waals surface area contributed by atoms with Crippen LogP contribution in [-0.2, 0) is 6.61 Å². The predicted octanol–water partition coefficient (Wildman–Crippen LogP) is 3.40. The number of aromatic nitrogens is 1. The van der Waals surface area contributed by atoms with Crippen molar-refractivity contribution in [3.63, 3.8) is 0 Å². The summed E-state index contributed by atoms with van der Waals surface area (Å²) in [5, 5.41) is 13.5. The first-order valence-corrected chi connectivity index (χ1v) is 8.88. The number of hydrogen-bond donors (Lipinski definition) is 1. The SMILES string of the molecule is O=C(Nc1ccc(Br)cc1)c1cccn(OCc2cccc([N+](=O)[O-])c2)c1=O. The summed E-state index contributed by atoms with van der Waals surface area (Å²) < 4.78 is 1.79. The molecule has 28 heavy (non-hydrogen) atoms. The Morgan fingerprint density at radius 3 is 2.61 bits per heavy atom. The highest BCUT2D eigenvalue weighted by atomic mass is 79.9. The molecule has 3 aromatic rings. The fourth-order valence-electron chi connectivity index (χ4n) is 2.39. The molecule has 1 aromatic heterocycles. The van der Waals surface area contributed by atoms with Crippen molar-refractivity contribution in [2.45, 2.75) is 6.61 Å². The number of carbonyl (C=O) groups excluding carboxylic acids is 1. The van der Waals surface area contributed by atoms with E-state index in [1.807, 2.05) is 0 Å². The molecule has 0 atom stereocenters. The molecule has 0 aliphatic rings. The number of nitro groups is 1. The lowest BCUT2D eigenvalue weighted by Crippen LogP contribution is -2.32. The van der Waals surface area contributed by atoms with Gasteiger partial charge in [0.25, 0.3) is 17.2 Å². The number of nitro benzene ring substituents is 1. The number of halogens is 1. The van der Waals surface area contributed by atoms with Gasteiger partial charge in [-0.3, -0.25) is 19.7 Å². The van der Waals surface area contributed by atoms with Crippen LogP contribution in [0.3, 0.4) is 0 Å². The number of pyridine rings is 1. The smallest absolute Gasteiger partial charge is 0.295 e. The molecule has 0 fully saturated rings. The minimum absolute atomic E-state index is 0.0701. The lowest BCUT2D eigenvalue weighted by Gasteiger charge is -2.10. The van der Waals surface area contributed by atoms with E-state index in [1.165, 1.54) is 36.5 Å². The second-order valence-corrected chi connectivity index (χ2v) is 6.63. The van der Waals surface area contributed by atoms with E-state index in [9.17, 15) is 19.7 Å². The molecule has 0 radical (unpaired) electrons. The third kappa shape index (κ3) is 4.63. The number of hydrogen-bond acceptors (Lipinski definition) is 5. The van der Waals surface area contributed by atoms with Gasteiger partial charge in [-0.15, -0.1) is 0 Å².